The van der Waals surface area contributed by atoms with Crippen LogP contribution in [0.25, 0.3) is 0 Å². The summed E-state index contributed by atoms with van der Waals surface area (Å²) < 4.78 is 1.25. The van der Waals surface area contributed by atoms with Gasteiger partial charge in [-0.15, -0.1) is 11.3 Å². The monoisotopic (exact) mass is 361 g/mol. The molecule has 1 nitrogen and oxygen atoms in total. The second-order valence-electron chi connectivity index (χ2n) is 6.41. The van der Waals surface area contributed by atoms with Crippen molar-refractivity contribution in [1.29, 1.82) is 0 Å². The minimum Gasteiger partial charge on any atom is -0.295 e. The number of fused-ring (bicyclic) bond motifs is 2. The molecule has 0 amide bonds. The molecule has 110 valence electrons. The van der Waals surface area contributed by atoms with Crippen LogP contribution in [0, 0.1) is 5.92 Å². The molecule has 2 atom stereocenters. The van der Waals surface area contributed by atoms with Crippen LogP contribution in [-0.2, 0) is 19.4 Å². The van der Waals surface area contributed by atoms with Gasteiger partial charge in [-0.05, 0) is 70.8 Å². The summed E-state index contributed by atoms with van der Waals surface area (Å²) in [6, 6.07) is 14.3. The summed E-state index contributed by atoms with van der Waals surface area (Å²) in [6.45, 7) is 2.40. The third-order valence-electron chi connectivity index (χ3n) is 4.99. The summed E-state index contributed by atoms with van der Waals surface area (Å²) in [5, 5.41) is 0. The van der Waals surface area contributed by atoms with Crippen molar-refractivity contribution in [3.8, 4) is 0 Å². The second kappa shape index (κ2) is 5.86. The lowest BCUT2D eigenvalue weighted by molar-refractivity contribution is 0.0948. The van der Waals surface area contributed by atoms with Crippen LogP contribution in [0.2, 0.25) is 0 Å². The molecule has 1 aromatic heterocycles. The van der Waals surface area contributed by atoms with E-state index in [-0.39, 0.29) is 0 Å². The van der Waals surface area contributed by atoms with Crippen molar-refractivity contribution >= 4 is 27.3 Å². The average Bonchev–Trinajstić information content (AvgIpc) is 2.85. The van der Waals surface area contributed by atoms with Gasteiger partial charge in [-0.25, -0.2) is 0 Å². The molecule has 2 aliphatic heterocycles. The topological polar surface area (TPSA) is 3.24 Å². The lowest BCUT2D eigenvalue weighted by atomic mass is 9.80. The van der Waals surface area contributed by atoms with E-state index in [9.17, 15) is 0 Å². The maximum atomic E-state index is 3.59. The Hall–Kier alpha value is -0.640. The van der Waals surface area contributed by atoms with Gasteiger partial charge in [0.25, 0.3) is 0 Å². The molecule has 1 fully saturated rings. The molecule has 2 unspecified atom stereocenters. The highest BCUT2D eigenvalue weighted by molar-refractivity contribution is 9.11. The number of hydrogen-bond donors (Lipinski definition) is 0. The summed E-state index contributed by atoms with van der Waals surface area (Å²) in [4.78, 5) is 4.23. The number of halogens is 1. The minimum absolute atomic E-state index is 0.726. The zero-order chi connectivity index (χ0) is 14.2. The molecule has 2 aromatic rings. The first-order valence-electron chi connectivity index (χ1n) is 7.83. The van der Waals surface area contributed by atoms with Gasteiger partial charge in [-0.2, -0.15) is 0 Å². The summed E-state index contributed by atoms with van der Waals surface area (Å²) in [6.07, 6.45) is 5.28. The van der Waals surface area contributed by atoms with Crippen molar-refractivity contribution in [1.82, 2.24) is 4.90 Å². The molecule has 0 N–H and O–H groups in total. The van der Waals surface area contributed by atoms with E-state index in [1.807, 2.05) is 11.3 Å². The van der Waals surface area contributed by atoms with Gasteiger partial charge >= 0.3 is 0 Å². The zero-order valence-electron chi connectivity index (χ0n) is 12.1. The van der Waals surface area contributed by atoms with E-state index < -0.39 is 0 Å². The zero-order valence-corrected chi connectivity index (χ0v) is 14.5. The first-order chi connectivity index (χ1) is 10.3. The smallest absolute Gasteiger partial charge is 0.0701 e. The average molecular weight is 362 g/mol. The van der Waals surface area contributed by atoms with Gasteiger partial charge in [0.2, 0.25) is 0 Å². The normalized spacial score (nSPS) is 25.4. The first kappa shape index (κ1) is 14.0. The Balaban J connectivity index is 1.58. The Bertz CT molecular complexity index is 636. The lowest BCUT2D eigenvalue weighted by Gasteiger charge is -2.42. The molecule has 3 heterocycles. The van der Waals surface area contributed by atoms with Gasteiger partial charge in [0.15, 0.2) is 0 Å². The van der Waals surface area contributed by atoms with E-state index >= 15 is 0 Å². The summed E-state index contributed by atoms with van der Waals surface area (Å²) in [5.41, 5.74) is 3.19. The van der Waals surface area contributed by atoms with Crippen molar-refractivity contribution in [2.75, 3.05) is 6.54 Å². The molecule has 0 radical (unpaired) electrons. The molecular weight excluding hydrogens is 342 g/mol. The third-order valence-corrected chi connectivity index (χ3v) is 6.60. The number of thiophene rings is 1. The maximum Gasteiger partial charge on any atom is 0.0701 e. The van der Waals surface area contributed by atoms with Crippen LogP contribution in [0.5, 0.6) is 0 Å². The van der Waals surface area contributed by atoms with Crippen LogP contribution < -0.4 is 0 Å². The lowest BCUT2D eigenvalue weighted by Crippen LogP contribution is -2.45. The predicted octanol–water partition coefficient (Wildman–Crippen LogP) is 4.89. The van der Waals surface area contributed by atoms with Gasteiger partial charge in [-0.3, -0.25) is 4.90 Å². The maximum absolute atomic E-state index is 3.59. The van der Waals surface area contributed by atoms with E-state index in [1.54, 1.807) is 11.1 Å². The van der Waals surface area contributed by atoms with E-state index in [0.29, 0.717) is 0 Å². The predicted molar refractivity (Wildman–Crippen MR) is 92.8 cm³/mol. The number of piperidine rings is 1. The van der Waals surface area contributed by atoms with E-state index in [2.05, 4.69) is 57.2 Å². The first-order valence-corrected chi connectivity index (χ1v) is 9.44. The molecule has 2 bridgehead atoms. The third kappa shape index (κ3) is 2.96. The van der Waals surface area contributed by atoms with Crippen LogP contribution in [-0.4, -0.2) is 17.5 Å². The number of hydrogen-bond acceptors (Lipinski definition) is 2. The molecular formula is C18H20BrNS. The summed E-state index contributed by atoms with van der Waals surface area (Å²) in [5.74, 6) is 0.839. The van der Waals surface area contributed by atoms with Crippen LogP contribution >= 0.6 is 27.3 Å². The molecule has 3 heteroatoms. The van der Waals surface area contributed by atoms with Gasteiger partial charge in [0, 0.05) is 24.0 Å². The number of nitrogens with zero attached hydrogens (tertiary/aromatic N) is 1. The molecule has 5 rings (SSSR count). The Morgan fingerprint density at radius 1 is 1.05 bits per heavy atom. The second-order valence-corrected chi connectivity index (χ2v) is 8.96. The van der Waals surface area contributed by atoms with E-state index in [1.165, 1.54) is 40.9 Å². The highest BCUT2D eigenvalue weighted by Crippen LogP contribution is 2.34. The van der Waals surface area contributed by atoms with Gasteiger partial charge in [0.05, 0.1) is 3.79 Å². The highest BCUT2D eigenvalue weighted by Gasteiger charge is 2.31. The van der Waals surface area contributed by atoms with Crippen molar-refractivity contribution in [2.24, 2.45) is 5.92 Å². The summed E-state index contributed by atoms with van der Waals surface area (Å²) >= 11 is 5.47. The fraction of sp³-hybridized carbons (Fsp3) is 0.444. The van der Waals surface area contributed by atoms with Gasteiger partial charge < -0.3 is 0 Å². The number of rotatable bonds is 2. The molecule has 21 heavy (non-hydrogen) atoms. The van der Waals surface area contributed by atoms with Crippen LogP contribution in [0.15, 0.2) is 40.2 Å². The molecule has 1 aliphatic carbocycles. The Morgan fingerprint density at radius 3 is 2.62 bits per heavy atom. The molecule has 1 aromatic carbocycles. The Kier molecular flexibility index (Phi) is 3.91. The molecule has 1 saturated heterocycles. The van der Waals surface area contributed by atoms with Crippen LogP contribution in [0.3, 0.4) is 0 Å². The number of benzene rings is 1. The van der Waals surface area contributed by atoms with Gasteiger partial charge in [0.1, 0.15) is 0 Å². The molecule has 3 aliphatic rings. The quantitative estimate of drug-likeness (QED) is 0.735. The minimum atomic E-state index is 0.726. The highest BCUT2D eigenvalue weighted by atomic mass is 79.9. The standard InChI is InChI=1S/C18H20BrNS/c19-18-8-7-17(21-18)12-20-11-13-5-6-16(20)10-15-4-2-1-3-14(15)9-13/h1-4,7-8,13,16H,5-6,9-12H2. The van der Waals surface area contributed by atoms with Crippen LogP contribution in [0.1, 0.15) is 28.8 Å². The Labute approximate surface area is 139 Å². The van der Waals surface area contributed by atoms with Gasteiger partial charge in [-0.1, -0.05) is 24.3 Å². The largest absolute Gasteiger partial charge is 0.295 e. The fourth-order valence-electron chi connectivity index (χ4n) is 3.93. The summed E-state index contributed by atoms with van der Waals surface area (Å²) in [7, 11) is 0. The van der Waals surface area contributed by atoms with Crippen molar-refractivity contribution in [2.45, 2.75) is 38.3 Å². The SMILES string of the molecule is Brc1ccc(CN2CC3CCC2Cc2ccccc2C3)s1. The van der Waals surface area contributed by atoms with Crippen molar-refractivity contribution < 1.29 is 0 Å². The van der Waals surface area contributed by atoms with E-state index in [0.717, 1.165) is 18.5 Å². The molecule has 0 spiro atoms. The molecule has 0 saturated carbocycles. The van der Waals surface area contributed by atoms with Crippen LogP contribution in [0.4, 0.5) is 0 Å². The van der Waals surface area contributed by atoms with Crippen molar-refractivity contribution in [3.05, 3.63) is 56.2 Å². The van der Waals surface area contributed by atoms with Crippen molar-refractivity contribution in [3.63, 3.8) is 0 Å². The van der Waals surface area contributed by atoms with E-state index in [4.69, 9.17) is 0 Å². The Morgan fingerprint density at radius 2 is 1.86 bits per heavy atom. The fourth-order valence-corrected chi connectivity index (χ4v) is 5.44.